The number of nitrogens with one attached hydrogen (secondary N) is 1. The van der Waals surface area contributed by atoms with Crippen LogP contribution < -0.4 is 14.8 Å². The second-order valence-electron chi connectivity index (χ2n) is 5.98. The third-order valence-electron chi connectivity index (χ3n) is 3.86. The van der Waals surface area contributed by atoms with Crippen LogP contribution in [0.5, 0.6) is 11.5 Å². The lowest BCUT2D eigenvalue weighted by Gasteiger charge is -2.13. The molecule has 0 bridgehead atoms. The highest BCUT2D eigenvalue weighted by molar-refractivity contribution is 7.09. The van der Waals surface area contributed by atoms with E-state index in [4.69, 9.17) is 9.47 Å². The van der Waals surface area contributed by atoms with Crippen LogP contribution >= 0.6 is 11.5 Å². The monoisotopic (exact) mass is 409 g/mol. The van der Waals surface area contributed by atoms with Gasteiger partial charge in [0.2, 0.25) is 5.13 Å². The number of nitrogens with zero attached hydrogens (tertiary/aromatic N) is 4. The molecule has 0 unspecified atom stereocenters. The van der Waals surface area contributed by atoms with Crippen molar-refractivity contribution in [1.29, 1.82) is 0 Å². The molecular weight excluding hydrogens is 395 g/mol. The topological polar surface area (TPSA) is 82.0 Å². The molecule has 4 rings (SSSR count). The number of halogens is 3. The van der Waals surface area contributed by atoms with Crippen molar-refractivity contribution in [2.24, 2.45) is 0 Å². The van der Waals surface area contributed by atoms with Crippen LogP contribution in [0.15, 0.2) is 30.6 Å². The highest BCUT2D eigenvalue weighted by Crippen LogP contribution is 2.40. The van der Waals surface area contributed by atoms with Gasteiger partial charge in [-0.2, -0.15) is 22.5 Å². The summed E-state index contributed by atoms with van der Waals surface area (Å²) < 4.78 is 54.8. The van der Waals surface area contributed by atoms with Crippen molar-refractivity contribution in [3.05, 3.63) is 36.2 Å². The minimum absolute atomic E-state index is 0.00718. The number of methoxy groups -OCH3 is 1. The Bertz CT molecular complexity index is 991. The summed E-state index contributed by atoms with van der Waals surface area (Å²) in [5.41, 5.74) is -0.882. The lowest BCUT2D eigenvalue weighted by Crippen LogP contribution is -2.10. The standard InChI is InChI=1S/C17H14F3N5O2S/c1-26-12-3-2-6-21-15(12)24-16-23-14(25-28-16)11-7-10(17(18,19)20)13(8-22-11)27-9-4-5-9/h2-3,6-9H,4-5H2,1H3,(H,21,23,24,25). The molecule has 3 aromatic heterocycles. The Morgan fingerprint density at radius 3 is 2.75 bits per heavy atom. The molecule has 1 N–H and O–H groups in total. The summed E-state index contributed by atoms with van der Waals surface area (Å²) in [4.78, 5) is 12.4. The maximum absolute atomic E-state index is 13.4. The first-order valence-corrected chi connectivity index (χ1v) is 9.05. The van der Waals surface area contributed by atoms with E-state index in [9.17, 15) is 13.2 Å². The number of hydrogen-bond acceptors (Lipinski definition) is 8. The Hall–Kier alpha value is -2.95. The van der Waals surface area contributed by atoms with Crippen molar-refractivity contribution in [3.63, 3.8) is 0 Å². The quantitative estimate of drug-likeness (QED) is 0.650. The van der Waals surface area contributed by atoms with Gasteiger partial charge in [-0.3, -0.25) is 0 Å². The molecule has 0 amide bonds. The predicted molar refractivity (Wildman–Crippen MR) is 95.9 cm³/mol. The second-order valence-corrected chi connectivity index (χ2v) is 6.73. The van der Waals surface area contributed by atoms with Crippen molar-refractivity contribution in [2.45, 2.75) is 25.1 Å². The Kier molecular flexibility index (Phi) is 4.75. The van der Waals surface area contributed by atoms with Gasteiger partial charge >= 0.3 is 6.18 Å². The molecule has 0 aliphatic heterocycles. The van der Waals surface area contributed by atoms with E-state index in [1.807, 2.05) is 0 Å². The second kappa shape index (κ2) is 7.23. The van der Waals surface area contributed by atoms with E-state index in [2.05, 4.69) is 24.6 Å². The van der Waals surface area contributed by atoms with Crippen LogP contribution in [0, 0.1) is 0 Å². The number of alkyl halides is 3. The Morgan fingerprint density at radius 2 is 2.04 bits per heavy atom. The van der Waals surface area contributed by atoms with Crippen LogP contribution in [0.4, 0.5) is 24.1 Å². The summed E-state index contributed by atoms with van der Waals surface area (Å²) in [6, 6.07) is 4.33. The molecule has 0 saturated heterocycles. The van der Waals surface area contributed by atoms with Gasteiger partial charge in [0, 0.05) is 17.7 Å². The molecule has 146 valence electrons. The van der Waals surface area contributed by atoms with Crippen LogP contribution in [0.25, 0.3) is 11.5 Å². The molecule has 0 spiro atoms. The van der Waals surface area contributed by atoms with Crippen molar-refractivity contribution >= 4 is 22.5 Å². The van der Waals surface area contributed by atoms with Crippen molar-refractivity contribution in [3.8, 4) is 23.0 Å². The van der Waals surface area contributed by atoms with Crippen LogP contribution in [0.3, 0.4) is 0 Å². The lowest BCUT2D eigenvalue weighted by atomic mass is 10.2. The Labute approximate surface area is 161 Å². The lowest BCUT2D eigenvalue weighted by molar-refractivity contribution is -0.139. The van der Waals surface area contributed by atoms with Crippen molar-refractivity contribution in [1.82, 2.24) is 19.3 Å². The van der Waals surface area contributed by atoms with Gasteiger partial charge in [-0.05, 0) is 31.0 Å². The largest absolute Gasteiger partial charge is 0.493 e. The Morgan fingerprint density at radius 1 is 1.21 bits per heavy atom. The van der Waals surface area contributed by atoms with Gasteiger partial charge < -0.3 is 14.8 Å². The van der Waals surface area contributed by atoms with Crippen LogP contribution in [-0.2, 0) is 6.18 Å². The normalized spacial score (nSPS) is 14.0. The Balaban J connectivity index is 1.61. The zero-order valence-electron chi connectivity index (χ0n) is 14.5. The summed E-state index contributed by atoms with van der Waals surface area (Å²) in [7, 11) is 1.50. The number of anilines is 2. The number of aromatic nitrogens is 4. The zero-order chi connectivity index (χ0) is 19.7. The van der Waals surface area contributed by atoms with Gasteiger partial charge in [-0.25, -0.2) is 9.97 Å². The summed E-state index contributed by atoms with van der Waals surface area (Å²) in [5.74, 6) is 0.722. The smallest absolute Gasteiger partial charge is 0.420 e. The molecule has 1 aliphatic carbocycles. The van der Waals surface area contributed by atoms with Crippen LogP contribution in [-0.4, -0.2) is 32.5 Å². The van der Waals surface area contributed by atoms with Gasteiger partial charge in [-0.1, -0.05) is 0 Å². The van der Waals surface area contributed by atoms with E-state index in [0.717, 1.165) is 36.6 Å². The molecule has 3 heterocycles. The summed E-state index contributed by atoms with van der Waals surface area (Å²) in [6.07, 6.45) is -0.595. The third kappa shape index (κ3) is 3.98. The maximum Gasteiger partial charge on any atom is 0.420 e. The third-order valence-corrected chi connectivity index (χ3v) is 4.49. The predicted octanol–water partition coefficient (Wildman–Crippen LogP) is 4.31. The number of pyridine rings is 2. The van der Waals surface area contributed by atoms with E-state index in [0.29, 0.717) is 16.7 Å². The summed E-state index contributed by atoms with van der Waals surface area (Å²) in [5, 5.41) is 3.29. The highest BCUT2D eigenvalue weighted by Gasteiger charge is 2.37. The molecule has 1 aliphatic rings. The van der Waals surface area contributed by atoms with Crippen molar-refractivity contribution < 1.29 is 22.6 Å². The van der Waals surface area contributed by atoms with E-state index in [1.54, 1.807) is 18.3 Å². The minimum atomic E-state index is -4.57. The van der Waals surface area contributed by atoms with Gasteiger partial charge in [0.15, 0.2) is 17.4 Å². The SMILES string of the molecule is COc1cccnc1Nc1nc(-c2cc(C(F)(F)F)c(OC3CC3)cn2)ns1. The molecule has 0 radical (unpaired) electrons. The van der Waals surface area contributed by atoms with Gasteiger partial charge in [0.05, 0.1) is 19.4 Å². The molecule has 0 aromatic carbocycles. The number of hydrogen-bond donors (Lipinski definition) is 1. The fourth-order valence-corrected chi connectivity index (χ4v) is 2.95. The fraction of sp³-hybridized carbons (Fsp3) is 0.294. The first kappa shape index (κ1) is 18.4. The van der Waals surface area contributed by atoms with Gasteiger partial charge in [-0.15, -0.1) is 0 Å². The van der Waals surface area contributed by atoms with E-state index >= 15 is 0 Å². The van der Waals surface area contributed by atoms with Crippen LogP contribution in [0.2, 0.25) is 0 Å². The average Bonchev–Trinajstić information content (AvgIpc) is 3.37. The van der Waals surface area contributed by atoms with Crippen LogP contribution in [0.1, 0.15) is 18.4 Å². The molecule has 0 atom stereocenters. The van der Waals surface area contributed by atoms with E-state index < -0.39 is 11.7 Å². The first-order valence-electron chi connectivity index (χ1n) is 8.28. The first-order chi connectivity index (χ1) is 13.4. The van der Waals surface area contributed by atoms with Gasteiger partial charge in [0.25, 0.3) is 0 Å². The summed E-state index contributed by atoms with van der Waals surface area (Å²) in [6.45, 7) is 0. The molecule has 1 fully saturated rings. The molecule has 11 heteroatoms. The average molecular weight is 409 g/mol. The molecule has 28 heavy (non-hydrogen) atoms. The molecular formula is C17H14F3N5O2S. The molecule has 3 aromatic rings. The fourth-order valence-electron chi connectivity index (χ4n) is 2.37. The van der Waals surface area contributed by atoms with E-state index in [-0.39, 0.29) is 23.4 Å². The molecule has 1 saturated carbocycles. The molecule has 7 nitrogen and oxygen atoms in total. The van der Waals surface area contributed by atoms with E-state index in [1.165, 1.54) is 7.11 Å². The number of ether oxygens (including phenoxy) is 2. The maximum atomic E-state index is 13.4. The highest BCUT2D eigenvalue weighted by atomic mass is 32.1. The number of rotatable bonds is 6. The van der Waals surface area contributed by atoms with Crippen molar-refractivity contribution in [2.75, 3.05) is 12.4 Å². The minimum Gasteiger partial charge on any atom is -0.493 e. The zero-order valence-corrected chi connectivity index (χ0v) is 15.3. The summed E-state index contributed by atoms with van der Waals surface area (Å²) >= 11 is 0.976. The van der Waals surface area contributed by atoms with Gasteiger partial charge in [0.1, 0.15) is 17.0 Å².